The van der Waals surface area contributed by atoms with E-state index in [0.29, 0.717) is 26.2 Å². The average Bonchev–Trinajstić information content (AvgIpc) is 2.07. The Balaban J connectivity index is 2.27. The molecule has 0 N–H and O–H groups in total. The van der Waals surface area contributed by atoms with Crippen molar-refractivity contribution < 1.29 is 9.18 Å². The number of alkyl halides is 1. The monoisotopic (exact) mass is 159 g/mol. The average molecular weight is 159 g/mol. The fraction of sp³-hybridized carbons (Fsp3) is 0.857. The van der Waals surface area contributed by atoms with E-state index in [4.69, 9.17) is 0 Å². The van der Waals surface area contributed by atoms with E-state index in [1.165, 1.54) is 0 Å². The molecule has 1 amide bonds. The Morgan fingerprint density at radius 1 is 1.45 bits per heavy atom. The minimum atomic E-state index is -0.549. The van der Waals surface area contributed by atoms with Crippen LogP contribution in [0.4, 0.5) is 4.39 Å². The summed E-state index contributed by atoms with van der Waals surface area (Å²) in [4.78, 5) is 12.7. The number of hydrogen-bond acceptors (Lipinski definition) is 1. The van der Waals surface area contributed by atoms with Gasteiger partial charge < -0.3 is 4.90 Å². The van der Waals surface area contributed by atoms with Crippen molar-refractivity contribution in [1.82, 2.24) is 10.2 Å². The van der Waals surface area contributed by atoms with Crippen LogP contribution < -0.4 is 5.32 Å². The van der Waals surface area contributed by atoms with E-state index in [0.717, 1.165) is 0 Å². The molecule has 0 aromatic carbocycles. The molecule has 0 spiro atoms. The zero-order valence-electron chi connectivity index (χ0n) is 6.42. The highest BCUT2D eigenvalue weighted by Crippen LogP contribution is 1.97. The van der Waals surface area contributed by atoms with E-state index in [2.05, 4.69) is 5.32 Å². The molecule has 1 aliphatic heterocycles. The van der Waals surface area contributed by atoms with Crippen LogP contribution in [0.25, 0.3) is 0 Å². The molecule has 0 unspecified atom stereocenters. The van der Waals surface area contributed by atoms with E-state index in [1.54, 1.807) is 4.90 Å². The Bertz CT molecular complexity index is 134. The lowest BCUT2D eigenvalue weighted by Crippen LogP contribution is -2.43. The van der Waals surface area contributed by atoms with Gasteiger partial charge in [0.25, 0.3) is 0 Å². The van der Waals surface area contributed by atoms with Crippen LogP contribution in [-0.4, -0.2) is 43.7 Å². The highest BCUT2D eigenvalue weighted by Gasteiger charge is 2.15. The van der Waals surface area contributed by atoms with Crippen molar-refractivity contribution in [2.24, 2.45) is 0 Å². The molecule has 3 nitrogen and oxygen atoms in total. The molecule has 0 aromatic rings. The van der Waals surface area contributed by atoms with Gasteiger partial charge >= 0.3 is 0 Å². The summed E-state index contributed by atoms with van der Waals surface area (Å²) in [5.41, 5.74) is 0. The summed E-state index contributed by atoms with van der Waals surface area (Å²) in [5, 5.41) is 4.08. The molecule has 1 radical (unpaired) electrons. The SMILES string of the molecule is O=C(CCF)N1CC[N]CC1. The Morgan fingerprint density at radius 2 is 2.09 bits per heavy atom. The first-order valence-corrected chi connectivity index (χ1v) is 3.81. The van der Waals surface area contributed by atoms with Crippen LogP contribution >= 0.6 is 0 Å². The zero-order valence-corrected chi connectivity index (χ0v) is 6.42. The number of halogens is 1. The largest absolute Gasteiger partial charge is 0.340 e. The van der Waals surface area contributed by atoms with E-state index >= 15 is 0 Å². The van der Waals surface area contributed by atoms with Crippen molar-refractivity contribution >= 4 is 5.91 Å². The number of amides is 1. The quantitative estimate of drug-likeness (QED) is 0.549. The Labute approximate surface area is 65.6 Å². The van der Waals surface area contributed by atoms with Gasteiger partial charge in [0.15, 0.2) is 0 Å². The van der Waals surface area contributed by atoms with Gasteiger partial charge in [0.05, 0.1) is 13.1 Å². The van der Waals surface area contributed by atoms with Gasteiger partial charge in [-0.25, -0.2) is 5.32 Å². The standard InChI is InChI=1S/C7H12FN2O/c8-2-1-7(11)10-5-3-9-4-6-10/h1-6H2. The van der Waals surface area contributed by atoms with E-state index < -0.39 is 6.67 Å². The Kier molecular flexibility index (Phi) is 3.29. The first-order valence-electron chi connectivity index (χ1n) is 3.81. The number of nitrogens with zero attached hydrogens (tertiary/aromatic N) is 2. The molecule has 0 aliphatic carbocycles. The van der Waals surface area contributed by atoms with Gasteiger partial charge in [-0.3, -0.25) is 9.18 Å². The summed E-state index contributed by atoms with van der Waals surface area (Å²) in [6, 6.07) is 0. The maximum atomic E-state index is 11.7. The maximum absolute atomic E-state index is 11.7. The Hall–Kier alpha value is -0.640. The van der Waals surface area contributed by atoms with Gasteiger partial charge in [0.1, 0.15) is 0 Å². The second-order valence-corrected chi connectivity index (χ2v) is 2.49. The van der Waals surface area contributed by atoms with Crippen LogP contribution in [0, 0.1) is 0 Å². The Morgan fingerprint density at radius 3 is 2.64 bits per heavy atom. The number of carbonyl (C=O) groups is 1. The fourth-order valence-electron chi connectivity index (χ4n) is 1.09. The summed E-state index contributed by atoms with van der Waals surface area (Å²) >= 11 is 0. The molecule has 0 saturated carbocycles. The van der Waals surface area contributed by atoms with E-state index in [1.807, 2.05) is 0 Å². The van der Waals surface area contributed by atoms with Crippen LogP contribution in [0.3, 0.4) is 0 Å². The normalized spacial score (nSPS) is 18.5. The van der Waals surface area contributed by atoms with Crippen molar-refractivity contribution in [3.63, 3.8) is 0 Å². The highest BCUT2D eigenvalue weighted by atomic mass is 19.1. The van der Waals surface area contributed by atoms with Crippen LogP contribution in [0.1, 0.15) is 6.42 Å². The summed E-state index contributed by atoms with van der Waals surface area (Å²) < 4.78 is 11.7. The molecular weight excluding hydrogens is 147 g/mol. The first-order chi connectivity index (χ1) is 5.34. The van der Waals surface area contributed by atoms with Gasteiger partial charge in [-0.15, -0.1) is 0 Å². The minimum Gasteiger partial charge on any atom is -0.340 e. The second-order valence-electron chi connectivity index (χ2n) is 2.49. The van der Waals surface area contributed by atoms with E-state index in [-0.39, 0.29) is 12.3 Å². The predicted molar refractivity (Wildman–Crippen MR) is 39.0 cm³/mol. The van der Waals surface area contributed by atoms with Gasteiger partial charge in [-0.05, 0) is 0 Å². The fourth-order valence-corrected chi connectivity index (χ4v) is 1.09. The third-order valence-corrected chi connectivity index (χ3v) is 1.72. The van der Waals surface area contributed by atoms with Gasteiger partial charge in [-0.2, -0.15) is 0 Å². The van der Waals surface area contributed by atoms with Crippen LogP contribution in [-0.2, 0) is 4.79 Å². The molecule has 11 heavy (non-hydrogen) atoms. The summed E-state index contributed by atoms with van der Waals surface area (Å²) in [6.45, 7) is 2.19. The number of piperazine rings is 1. The van der Waals surface area contributed by atoms with Gasteiger partial charge in [0, 0.05) is 26.2 Å². The molecule has 1 aliphatic rings. The third-order valence-electron chi connectivity index (χ3n) is 1.72. The summed E-state index contributed by atoms with van der Waals surface area (Å²) in [7, 11) is 0. The second kappa shape index (κ2) is 4.28. The molecule has 0 atom stereocenters. The van der Waals surface area contributed by atoms with Crippen molar-refractivity contribution in [2.45, 2.75) is 6.42 Å². The lowest BCUT2D eigenvalue weighted by molar-refractivity contribution is -0.132. The molecule has 0 aromatic heterocycles. The number of hydrogen-bond donors (Lipinski definition) is 0. The summed E-state index contributed by atoms with van der Waals surface area (Å²) in [5.74, 6) is -0.0811. The van der Waals surface area contributed by atoms with Crippen LogP contribution in [0.15, 0.2) is 0 Å². The summed E-state index contributed by atoms with van der Waals surface area (Å²) in [6.07, 6.45) is 0.0278. The van der Waals surface area contributed by atoms with Gasteiger partial charge in [-0.1, -0.05) is 0 Å². The van der Waals surface area contributed by atoms with Crippen LogP contribution in [0.2, 0.25) is 0 Å². The third kappa shape index (κ3) is 2.46. The number of carbonyl (C=O) groups excluding carboxylic acids is 1. The molecule has 1 rings (SSSR count). The zero-order chi connectivity index (χ0) is 8.10. The van der Waals surface area contributed by atoms with Crippen molar-refractivity contribution in [3.05, 3.63) is 0 Å². The van der Waals surface area contributed by atoms with E-state index in [9.17, 15) is 9.18 Å². The molecule has 1 fully saturated rings. The minimum absolute atomic E-state index is 0.0278. The lowest BCUT2D eigenvalue weighted by atomic mass is 10.3. The van der Waals surface area contributed by atoms with Crippen molar-refractivity contribution in [3.8, 4) is 0 Å². The van der Waals surface area contributed by atoms with Crippen molar-refractivity contribution in [1.29, 1.82) is 0 Å². The van der Waals surface area contributed by atoms with Crippen molar-refractivity contribution in [2.75, 3.05) is 32.9 Å². The highest BCUT2D eigenvalue weighted by molar-refractivity contribution is 5.76. The first kappa shape index (κ1) is 8.46. The molecule has 1 saturated heterocycles. The number of rotatable bonds is 2. The molecule has 4 heteroatoms. The molecular formula is C7H12FN2O. The molecule has 0 bridgehead atoms. The van der Waals surface area contributed by atoms with Gasteiger partial charge in [0.2, 0.25) is 5.91 Å². The maximum Gasteiger partial charge on any atom is 0.225 e. The molecule has 63 valence electrons. The lowest BCUT2D eigenvalue weighted by Gasteiger charge is -2.26. The van der Waals surface area contributed by atoms with Crippen LogP contribution in [0.5, 0.6) is 0 Å². The smallest absolute Gasteiger partial charge is 0.225 e. The topological polar surface area (TPSA) is 34.4 Å². The molecule has 1 heterocycles. The predicted octanol–water partition coefficient (Wildman–Crippen LogP) is -0.207.